The van der Waals surface area contributed by atoms with E-state index < -0.39 is 5.97 Å². The Kier molecular flexibility index (Phi) is 3.66. The number of rotatable bonds is 6. The lowest BCUT2D eigenvalue weighted by molar-refractivity contribution is 0.0690. The highest BCUT2D eigenvalue weighted by Gasteiger charge is 2.44. The summed E-state index contributed by atoms with van der Waals surface area (Å²) in [7, 11) is 1.66. The number of carboxylic acid groups (broad SMARTS) is 1. The van der Waals surface area contributed by atoms with Crippen LogP contribution in [-0.2, 0) is 5.41 Å². The van der Waals surface area contributed by atoms with E-state index >= 15 is 0 Å². The molecule has 1 fully saturated rings. The molecule has 3 rings (SSSR count). The van der Waals surface area contributed by atoms with Gasteiger partial charge in [-0.05, 0) is 30.5 Å². The van der Waals surface area contributed by atoms with Crippen molar-refractivity contribution < 1.29 is 14.6 Å². The molecule has 0 spiro atoms. The number of anilines is 1. The molecule has 0 saturated heterocycles. The molecular weight excluding hydrogens is 282 g/mol. The predicted molar refractivity (Wildman–Crippen MR) is 81.4 cm³/mol. The first kappa shape index (κ1) is 14.3. The number of carbonyl (C=O) groups is 1. The molecule has 2 N–H and O–H groups in total. The summed E-state index contributed by atoms with van der Waals surface area (Å²) in [6, 6.07) is 8.10. The zero-order valence-corrected chi connectivity index (χ0v) is 12.2. The Morgan fingerprint density at radius 3 is 2.77 bits per heavy atom. The number of nitrogens with one attached hydrogen (secondary N) is 1. The van der Waals surface area contributed by atoms with Gasteiger partial charge in [-0.25, -0.2) is 14.8 Å². The maximum Gasteiger partial charge on any atom is 0.356 e. The fraction of sp³-hybridized carbons (Fsp3) is 0.312. The molecule has 1 saturated carbocycles. The van der Waals surface area contributed by atoms with E-state index in [1.165, 1.54) is 18.0 Å². The van der Waals surface area contributed by atoms with Gasteiger partial charge in [0.25, 0.3) is 0 Å². The minimum absolute atomic E-state index is 0.0560. The first-order valence-corrected chi connectivity index (χ1v) is 7.07. The first-order valence-electron chi connectivity index (χ1n) is 7.07. The molecule has 2 aromatic rings. The van der Waals surface area contributed by atoms with Crippen LogP contribution >= 0.6 is 0 Å². The number of aromatic nitrogens is 2. The van der Waals surface area contributed by atoms with Crippen LogP contribution in [-0.4, -0.2) is 34.7 Å². The third-order valence-electron chi connectivity index (χ3n) is 4.01. The Labute approximate surface area is 128 Å². The van der Waals surface area contributed by atoms with E-state index in [1.54, 1.807) is 7.11 Å². The average molecular weight is 299 g/mol. The van der Waals surface area contributed by atoms with E-state index in [1.807, 2.05) is 12.1 Å². The van der Waals surface area contributed by atoms with E-state index in [4.69, 9.17) is 9.84 Å². The highest BCUT2D eigenvalue weighted by atomic mass is 16.5. The molecule has 22 heavy (non-hydrogen) atoms. The summed E-state index contributed by atoms with van der Waals surface area (Å²) in [4.78, 5) is 18.7. The van der Waals surface area contributed by atoms with Crippen molar-refractivity contribution in [2.24, 2.45) is 0 Å². The van der Waals surface area contributed by atoms with Crippen LogP contribution in [0.2, 0.25) is 0 Å². The van der Waals surface area contributed by atoms with Crippen LogP contribution in [0, 0.1) is 0 Å². The van der Waals surface area contributed by atoms with Gasteiger partial charge in [0.2, 0.25) is 0 Å². The Morgan fingerprint density at radius 2 is 2.18 bits per heavy atom. The summed E-state index contributed by atoms with van der Waals surface area (Å²) < 4.78 is 5.28. The van der Waals surface area contributed by atoms with Gasteiger partial charge in [-0.1, -0.05) is 12.1 Å². The molecule has 1 aliphatic rings. The maximum absolute atomic E-state index is 10.7. The monoisotopic (exact) mass is 299 g/mol. The average Bonchev–Trinajstić information content (AvgIpc) is 3.34. The van der Waals surface area contributed by atoms with Gasteiger partial charge in [-0.3, -0.25) is 0 Å². The van der Waals surface area contributed by atoms with Gasteiger partial charge in [0.15, 0.2) is 5.69 Å². The second kappa shape index (κ2) is 5.63. The first-order chi connectivity index (χ1) is 10.6. The Morgan fingerprint density at radius 1 is 1.36 bits per heavy atom. The van der Waals surface area contributed by atoms with Gasteiger partial charge >= 0.3 is 5.97 Å². The third-order valence-corrected chi connectivity index (χ3v) is 4.01. The molecular formula is C16H17N3O3. The van der Waals surface area contributed by atoms with Gasteiger partial charge in [-0.2, -0.15) is 0 Å². The Hall–Kier alpha value is -2.63. The lowest BCUT2D eigenvalue weighted by atomic mass is 9.96. The summed E-state index contributed by atoms with van der Waals surface area (Å²) in [5, 5.41) is 12.1. The lowest BCUT2D eigenvalue weighted by Gasteiger charge is -2.17. The minimum Gasteiger partial charge on any atom is -0.497 e. The third kappa shape index (κ3) is 2.86. The van der Waals surface area contributed by atoms with Gasteiger partial charge in [0, 0.05) is 12.0 Å². The number of benzene rings is 1. The molecule has 6 heteroatoms. The lowest BCUT2D eigenvalue weighted by Crippen LogP contribution is -2.20. The number of nitrogens with zero attached hydrogens (tertiary/aromatic N) is 2. The zero-order chi connectivity index (χ0) is 15.6. The van der Waals surface area contributed by atoms with Crippen molar-refractivity contribution in [3.63, 3.8) is 0 Å². The van der Waals surface area contributed by atoms with Crippen LogP contribution < -0.4 is 10.1 Å². The number of methoxy groups -OCH3 is 1. The highest BCUT2D eigenvalue weighted by Crippen LogP contribution is 2.48. The summed E-state index contributed by atoms with van der Waals surface area (Å²) >= 11 is 0. The molecule has 0 aliphatic heterocycles. The van der Waals surface area contributed by atoms with Crippen molar-refractivity contribution in [3.8, 4) is 5.75 Å². The van der Waals surface area contributed by atoms with Gasteiger partial charge in [0.05, 0.1) is 19.5 Å². The topological polar surface area (TPSA) is 84.3 Å². The van der Waals surface area contributed by atoms with E-state index in [0.717, 1.165) is 25.1 Å². The van der Waals surface area contributed by atoms with Crippen LogP contribution in [0.4, 0.5) is 5.82 Å². The van der Waals surface area contributed by atoms with Crippen molar-refractivity contribution in [3.05, 3.63) is 47.9 Å². The number of carboxylic acids is 1. The van der Waals surface area contributed by atoms with Crippen LogP contribution in [0.15, 0.2) is 36.7 Å². The van der Waals surface area contributed by atoms with Crippen LogP contribution in [0.5, 0.6) is 5.75 Å². The number of aromatic carboxylic acids is 1. The minimum atomic E-state index is -1.07. The van der Waals surface area contributed by atoms with Crippen LogP contribution in [0.3, 0.4) is 0 Å². The van der Waals surface area contributed by atoms with E-state index in [2.05, 4.69) is 27.4 Å². The molecule has 0 atom stereocenters. The normalized spacial score (nSPS) is 15.1. The molecule has 1 heterocycles. The van der Waals surface area contributed by atoms with Crippen molar-refractivity contribution >= 4 is 11.8 Å². The molecule has 1 aromatic carbocycles. The maximum atomic E-state index is 10.7. The highest BCUT2D eigenvalue weighted by molar-refractivity contribution is 5.84. The zero-order valence-electron chi connectivity index (χ0n) is 12.2. The molecule has 1 aromatic heterocycles. The molecule has 0 unspecified atom stereocenters. The van der Waals surface area contributed by atoms with Gasteiger partial charge < -0.3 is 15.2 Å². The Balaban J connectivity index is 1.68. The largest absolute Gasteiger partial charge is 0.497 e. The Bertz CT molecular complexity index is 681. The van der Waals surface area contributed by atoms with Crippen molar-refractivity contribution in [1.29, 1.82) is 0 Å². The number of hydrogen-bond acceptors (Lipinski definition) is 5. The van der Waals surface area contributed by atoms with Crippen LogP contribution in [0.1, 0.15) is 28.9 Å². The number of hydrogen-bond donors (Lipinski definition) is 2. The fourth-order valence-corrected chi connectivity index (χ4v) is 2.46. The fourth-order valence-electron chi connectivity index (χ4n) is 2.46. The number of ether oxygens (including phenoxy) is 1. The van der Waals surface area contributed by atoms with E-state index in [0.29, 0.717) is 5.82 Å². The molecule has 0 radical (unpaired) electrons. The van der Waals surface area contributed by atoms with Crippen molar-refractivity contribution in [2.45, 2.75) is 18.3 Å². The van der Waals surface area contributed by atoms with Gasteiger partial charge in [0.1, 0.15) is 11.6 Å². The smallest absolute Gasteiger partial charge is 0.356 e. The summed E-state index contributed by atoms with van der Waals surface area (Å²) in [5.41, 5.74) is 1.29. The molecule has 114 valence electrons. The molecule has 1 aliphatic carbocycles. The molecule has 0 bridgehead atoms. The van der Waals surface area contributed by atoms with E-state index in [9.17, 15) is 4.79 Å². The summed E-state index contributed by atoms with van der Waals surface area (Å²) in [6.45, 7) is 0.737. The van der Waals surface area contributed by atoms with Crippen molar-refractivity contribution in [1.82, 2.24) is 9.97 Å². The van der Waals surface area contributed by atoms with Gasteiger partial charge in [-0.15, -0.1) is 0 Å². The second-order valence-corrected chi connectivity index (χ2v) is 5.46. The van der Waals surface area contributed by atoms with Crippen LogP contribution in [0.25, 0.3) is 0 Å². The molecule has 0 amide bonds. The second-order valence-electron chi connectivity index (χ2n) is 5.46. The standard InChI is InChI=1S/C16H17N3O3/c1-22-12-4-2-3-11(7-12)16(5-6-16)10-19-14-9-17-13(8-18-14)15(20)21/h2-4,7-9H,5-6,10H2,1H3,(H,18,19)(H,20,21). The quantitative estimate of drug-likeness (QED) is 0.851. The van der Waals surface area contributed by atoms with E-state index in [-0.39, 0.29) is 11.1 Å². The summed E-state index contributed by atoms with van der Waals surface area (Å²) in [6.07, 6.45) is 4.92. The predicted octanol–water partition coefficient (Wildman–Crippen LogP) is 2.33. The summed E-state index contributed by atoms with van der Waals surface area (Å²) in [5.74, 6) is 0.364. The van der Waals surface area contributed by atoms with Crippen molar-refractivity contribution in [2.75, 3.05) is 19.0 Å². The molecule has 6 nitrogen and oxygen atoms in total. The SMILES string of the molecule is COc1cccc(C2(CNc3cnc(C(=O)O)cn3)CC2)c1.